The summed E-state index contributed by atoms with van der Waals surface area (Å²) in [7, 11) is 3.19. The highest BCUT2D eigenvalue weighted by atomic mass is 127. The number of halogens is 3. The van der Waals surface area contributed by atoms with Crippen LogP contribution >= 0.6 is 24.0 Å². The van der Waals surface area contributed by atoms with Gasteiger partial charge in [0.1, 0.15) is 11.5 Å². The van der Waals surface area contributed by atoms with E-state index >= 15 is 0 Å². The Labute approximate surface area is 176 Å². The molecule has 1 saturated heterocycles. The van der Waals surface area contributed by atoms with Crippen molar-refractivity contribution in [3.8, 4) is 11.5 Å². The van der Waals surface area contributed by atoms with Gasteiger partial charge in [0, 0.05) is 44.9 Å². The lowest BCUT2D eigenvalue weighted by atomic mass is 10.1. The van der Waals surface area contributed by atoms with E-state index in [1.165, 1.54) is 13.2 Å². The van der Waals surface area contributed by atoms with Crippen molar-refractivity contribution in [2.45, 2.75) is 39.0 Å². The van der Waals surface area contributed by atoms with Crippen LogP contribution in [0.4, 0.5) is 8.78 Å². The zero-order chi connectivity index (χ0) is 18.9. The van der Waals surface area contributed by atoms with Gasteiger partial charge in [-0.25, -0.2) is 0 Å². The van der Waals surface area contributed by atoms with Gasteiger partial charge >= 0.3 is 6.61 Å². The molecule has 1 aliphatic heterocycles. The summed E-state index contributed by atoms with van der Waals surface area (Å²) in [5, 5.41) is 3.22. The minimum absolute atomic E-state index is 0. The third kappa shape index (κ3) is 7.28. The van der Waals surface area contributed by atoms with Crippen LogP contribution in [-0.2, 0) is 11.3 Å². The number of benzene rings is 1. The first-order valence-corrected chi connectivity index (χ1v) is 8.76. The molecule has 2 rings (SSSR count). The second-order valence-corrected chi connectivity index (χ2v) is 5.89. The molecule has 1 heterocycles. The number of piperidine rings is 1. The number of alkyl halides is 2. The van der Waals surface area contributed by atoms with E-state index in [0.717, 1.165) is 38.5 Å². The molecule has 1 N–H and O–H groups in total. The Kier molecular flexibility index (Phi) is 10.7. The van der Waals surface area contributed by atoms with Crippen LogP contribution in [0.15, 0.2) is 23.2 Å². The number of nitrogens with one attached hydrogen (secondary N) is 1. The molecule has 0 amide bonds. The Balaban J connectivity index is 0.00000364. The van der Waals surface area contributed by atoms with E-state index in [0.29, 0.717) is 24.0 Å². The molecule has 0 spiro atoms. The maximum absolute atomic E-state index is 12.7. The van der Waals surface area contributed by atoms with Crippen molar-refractivity contribution < 1.29 is 23.0 Å². The Morgan fingerprint density at radius 1 is 1.33 bits per heavy atom. The number of guanidine groups is 1. The lowest BCUT2D eigenvalue weighted by Crippen LogP contribution is -2.46. The van der Waals surface area contributed by atoms with Crippen LogP contribution in [-0.4, -0.2) is 57.4 Å². The average molecular weight is 499 g/mol. The fraction of sp³-hybridized carbons (Fsp3) is 0.611. The summed E-state index contributed by atoms with van der Waals surface area (Å²) in [4.78, 5) is 6.44. The Morgan fingerprint density at radius 2 is 2.04 bits per heavy atom. The highest BCUT2D eigenvalue weighted by molar-refractivity contribution is 14.0. The van der Waals surface area contributed by atoms with Crippen LogP contribution in [0, 0.1) is 0 Å². The molecule has 1 aliphatic rings. The Hall–Kier alpha value is -1.36. The number of ether oxygens (including phenoxy) is 3. The average Bonchev–Trinajstić information content (AvgIpc) is 2.64. The SMILES string of the molecule is CCOC1CCN(C(=NC)NCc2ccc(OC)cc2OC(F)F)CC1.I. The molecule has 9 heteroatoms. The zero-order valence-electron chi connectivity index (χ0n) is 15.9. The molecule has 0 bridgehead atoms. The van der Waals surface area contributed by atoms with Crippen LogP contribution < -0.4 is 14.8 Å². The van der Waals surface area contributed by atoms with Crippen molar-refractivity contribution in [2.75, 3.05) is 33.9 Å². The summed E-state index contributed by atoms with van der Waals surface area (Å²) >= 11 is 0. The van der Waals surface area contributed by atoms with Crippen LogP contribution in [0.5, 0.6) is 11.5 Å². The monoisotopic (exact) mass is 499 g/mol. The summed E-state index contributed by atoms with van der Waals surface area (Å²) in [6.07, 6.45) is 2.18. The van der Waals surface area contributed by atoms with Crippen molar-refractivity contribution in [3.05, 3.63) is 23.8 Å². The smallest absolute Gasteiger partial charge is 0.387 e. The maximum Gasteiger partial charge on any atom is 0.387 e. The standard InChI is InChI=1S/C18H27F2N3O3.HI/c1-4-25-14-7-9-23(10-8-14)18(21-2)22-12-13-5-6-15(24-3)11-16(13)26-17(19)20;/h5-6,11,14,17H,4,7-10,12H2,1-3H3,(H,21,22);1H. The van der Waals surface area contributed by atoms with Crippen molar-refractivity contribution in [1.29, 1.82) is 0 Å². The van der Waals surface area contributed by atoms with E-state index in [2.05, 4.69) is 19.9 Å². The minimum atomic E-state index is -2.89. The normalized spacial score (nSPS) is 15.5. The largest absolute Gasteiger partial charge is 0.497 e. The number of nitrogens with zero attached hydrogens (tertiary/aromatic N) is 2. The summed E-state index contributed by atoms with van der Waals surface area (Å²) in [6.45, 7) is 1.84. The first-order chi connectivity index (χ1) is 12.6. The summed E-state index contributed by atoms with van der Waals surface area (Å²) < 4.78 is 40.7. The number of aliphatic imine (C=N–C) groups is 1. The van der Waals surface area contributed by atoms with Gasteiger partial charge in [-0.1, -0.05) is 0 Å². The van der Waals surface area contributed by atoms with Crippen LogP contribution in [0.1, 0.15) is 25.3 Å². The molecule has 0 aliphatic carbocycles. The molecule has 0 saturated carbocycles. The number of methoxy groups -OCH3 is 1. The van der Waals surface area contributed by atoms with E-state index in [1.54, 1.807) is 19.2 Å². The van der Waals surface area contributed by atoms with Gasteiger partial charge in [-0.15, -0.1) is 24.0 Å². The molecule has 0 atom stereocenters. The van der Waals surface area contributed by atoms with Crippen molar-refractivity contribution >= 4 is 29.9 Å². The van der Waals surface area contributed by atoms with Crippen LogP contribution in [0.3, 0.4) is 0 Å². The van der Waals surface area contributed by atoms with E-state index < -0.39 is 6.61 Å². The molecule has 27 heavy (non-hydrogen) atoms. The predicted molar refractivity (Wildman–Crippen MR) is 111 cm³/mol. The van der Waals surface area contributed by atoms with Crippen molar-refractivity contribution in [3.63, 3.8) is 0 Å². The third-order valence-electron chi connectivity index (χ3n) is 4.28. The lowest BCUT2D eigenvalue weighted by molar-refractivity contribution is -0.0505. The summed E-state index contributed by atoms with van der Waals surface area (Å²) in [5.41, 5.74) is 0.608. The van der Waals surface area contributed by atoms with Crippen molar-refractivity contribution in [2.24, 2.45) is 4.99 Å². The molecule has 0 aromatic heterocycles. The van der Waals surface area contributed by atoms with Gasteiger partial charge in [0.2, 0.25) is 0 Å². The maximum atomic E-state index is 12.7. The molecular formula is C18H28F2IN3O3. The molecule has 6 nitrogen and oxygen atoms in total. The van der Waals surface area contributed by atoms with Gasteiger partial charge in [-0.2, -0.15) is 8.78 Å². The number of rotatable bonds is 7. The quantitative estimate of drug-likeness (QED) is 0.354. The van der Waals surface area contributed by atoms with Crippen LogP contribution in [0.2, 0.25) is 0 Å². The van der Waals surface area contributed by atoms with Gasteiger partial charge < -0.3 is 24.4 Å². The molecule has 0 radical (unpaired) electrons. The summed E-state index contributed by atoms with van der Waals surface area (Å²) in [5.74, 6) is 1.29. The van der Waals surface area contributed by atoms with E-state index in [9.17, 15) is 8.78 Å². The molecule has 0 unspecified atom stereocenters. The molecule has 1 fully saturated rings. The highest BCUT2D eigenvalue weighted by Crippen LogP contribution is 2.26. The van der Waals surface area contributed by atoms with Gasteiger partial charge in [-0.3, -0.25) is 4.99 Å². The van der Waals surface area contributed by atoms with E-state index in [-0.39, 0.29) is 29.7 Å². The van der Waals surface area contributed by atoms with Gasteiger partial charge in [0.05, 0.1) is 13.2 Å². The molecule has 1 aromatic carbocycles. The van der Waals surface area contributed by atoms with E-state index in [4.69, 9.17) is 9.47 Å². The van der Waals surface area contributed by atoms with Gasteiger partial charge in [-0.05, 0) is 31.9 Å². The topological polar surface area (TPSA) is 55.3 Å². The number of hydrogen-bond donors (Lipinski definition) is 1. The second kappa shape index (κ2) is 12.2. The minimum Gasteiger partial charge on any atom is -0.497 e. The molecule has 154 valence electrons. The second-order valence-electron chi connectivity index (χ2n) is 5.89. The number of hydrogen-bond acceptors (Lipinski definition) is 4. The fourth-order valence-corrected chi connectivity index (χ4v) is 2.99. The first-order valence-electron chi connectivity index (χ1n) is 8.76. The van der Waals surface area contributed by atoms with Crippen molar-refractivity contribution in [1.82, 2.24) is 10.2 Å². The number of likely N-dealkylation sites (tertiary alicyclic amines) is 1. The third-order valence-corrected chi connectivity index (χ3v) is 4.28. The predicted octanol–water partition coefficient (Wildman–Crippen LogP) is 3.49. The Bertz CT molecular complexity index is 597. The zero-order valence-corrected chi connectivity index (χ0v) is 18.2. The van der Waals surface area contributed by atoms with Gasteiger partial charge in [0.15, 0.2) is 5.96 Å². The van der Waals surface area contributed by atoms with Crippen LogP contribution in [0.25, 0.3) is 0 Å². The Morgan fingerprint density at radius 3 is 2.59 bits per heavy atom. The molecular weight excluding hydrogens is 471 g/mol. The summed E-state index contributed by atoms with van der Waals surface area (Å²) in [6, 6.07) is 4.88. The van der Waals surface area contributed by atoms with Gasteiger partial charge in [0.25, 0.3) is 0 Å². The highest BCUT2D eigenvalue weighted by Gasteiger charge is 2.22. The van der Waals surface area contributed by atoms with E-state index in [1.807, 2.05) is 6.92 Å². The fourth-order valence-electron chi connectivity index (χ4n) is 2.99. The molecule has 1 aromatic rings. The lowest BCUT2D eigenvalue weighted by Gasteiger charge is -2.34. The first kappa shape index (κ1) is 23.7.